The Bertz CT molecular complexity index is 2490. The molecule has 2 aromatic heterocycles. The van der Waals surface area contributed by atoms with Gasteiger partial charge in [-0.15, -0.1) is 0 Å². The SMILES string of the molecule is Nc1ncnc2c1c(-c1ccc(Oc3ccccc3)cc1)nn2C1CCCN(C2CCN(CCC3CCN(c4ccc5c(c4)C(=O)N(C4CCC(=O)NC4=O)C5=O)CC3)CC2)C1. The lowest BCUT2D eigenvalue weighted by molar-refractivity contribution is -0.136. The molecule has 5 aromatic rings. The van der Waals surface area contributed by atoms with Crippen molar-refractivity contribution in [1.82, 2.24) is 39.8 Å². The number of nitrogen functional groups attached to an aromatic ring is 1. The van der Waals surface area contributed by atoms with E-state index in [-0.39, 0.29) is 24.8 Å². The van der Waals surface area contributed by atoms with Gasteiger partial charge in [0.25, 0.3) is 11.8 Å². The van der Waals surface area contributed by atoms with Crippen LogP contribution in [-0.2, 0) is 9.59 Å². The number of carbonyl (C=O) groups excluding carboxylic acids is 4. The molecule has 4 saturated heterocycles. The fourth-order valence-electron chi connectivity index (χ4n) is 10.3. The van der Waals surface area contributed by atoms with E-state index in [1.165, 1.54) is 6.42 Å². The van der Waals surface area contributed by atoms with Crippen LogP contribution in [0.15, 0.2) is 79.1 Å². The van der Waals surface area contributed by atoms with Gasteiger partial charge in [-0.1, -0.05) is 18.2 Å². The Balaban J connectivity index is 0.710. The van der Waals surface area contributed by atoms with Gasteiger partial charge in [0.1, 0.15) is 35.4 Å². The Hall–Kier alpha value is -6.19. The number of anilines is 2. The van der Waals surface area contributed by atoms with E-state index in [0.29, 0.717) is 28.9 Å². The zero-order valence-electron chi connectivity index (χ0n) is 34.8. The molecule has 5 aliphatic heterocycles. The van der Waals surface area contributed by atoms with Crippen LogP contribution in [0.3, 0.4) is 0 Å². The third-order valence-corrected chi connectivity index (χ3v) is 13.7. The number of ether oxygens (including phenoxy) is 1. The summed E-state index contributed by atoms with van der Waals surface area (Å²) in [5.74, 6) is 0.701. The lowest BCUT2D eigenvalue weighted by Crippen LogP contribution is -2.54. The van der Waals surface area contributed by atoms with Crippen LogP contribution >= 0.6 is 0 Å². The fraction of sp³-hybridized carbons (Fsp3) is 0.426. The maximum Gasteiger partial charge on any atom is 0.262 e. The quantitative estimate of drug-likeness (QED) is 0.165. The zero-order chi connectivity index (χ0) is 42.3. The molecule has 15 nitrogen and oxygen atoms in total. The molecule has 3 aromatic carbocycles. The normalized spacial score (nSPS) is 22.1. The highest BCUT2D eigenvalue weighted by Crippen LogP contribution is 2.37. The van der Waals surface area contributed by atoms with Gasteiger partial charge < -0.3 is 20.3 Å². The highest BCUT2D eigenvalue weighted by Gasteiger charge is 2.45. The van der Waals surface area contributed by atoms with Gasteiger partial charge >= 0.3 is 0 Å². The molecule has 0 bridgehead atoms. The number of piperidine rings is 4. The van der Waals surface area contributed by atoms with E-state index in [2.05, 4.69) is 29.7 Å². The predicted octanol–water partition coefficient (Wildman–Crippen LogP) is 5.68. The number of aromatic nitrogens is 4. The Morgan fingerprint density at radius 2 is 1.52 bits per heavy atom. The third-order valence-electron chi connectivity index (χ3n) is 13.7. The molecule has 0 aliphatic carbocycles. The minimum absolute atomic E-state index is 0.104. The van der Waals surface area contributed by atoms with E-state index >= 15 is 0 Å². The molecule has 7 heterocycles. The molecular weight excluding hydrogens is 785 g/mol. The van der Waals surface area contributed by atoms with Gasteiger partial charge in [-0.2, -0.15) is 5.10 Å². The number of nitrogens with two attached hydrogens (primary N) is 1. The van der Waals surface area contributed by atoms with Crippen molar-refractivity contribution in [3.05, 3.63) is 90.3 Å². The molecule has 2 atom stereocenters. The minimum atomic E-state index is -0.959. The van der Waals surface area contributed by atoms with Crippen LogP contribution < -0.4 is 20.7 Å². The number of nitrogens with one attached hydrogen (secondary N) is 1. The first kappa shape index (κ1) is 39.9. The maximum atomic E-state index is 13.4. The summed E-state index contributed by atoms with van der Waals surface area (Å²) < 4.78 is 8.14. The summed E-state index contributed by atoms with van der Waals surface area (Å²) in [4.78, 5) is 68.4. The Labute approximate surface area is 360 Å². The van der Waals surface area contributed by atoms with Crippen molar-refractivity contribution in [3.63, 3.8) is 0 Å². The standard InChI is InChI=1S/C47H52N10O5/c48-43-41-42(31-8-11-36(12-9-31)62-35-6-2-1-3-7-35)52-57(44(41)50-29-49-43)34-5-4-21-55(28-34)32-19-23-53(24-20-32)22-16-30-17-25-54(26-18-30)33-10-13-37-38(27-33)47(61)56(46(37)60)39-14-15-40(58)51-45(39)59/h1-3,6-13,27,29-30,32,34,39H,4-5,14-26,28H2,(H2,48,49,50)(H,51,58,59). The van der Waals surface area contributed by atoms with Crippen molar-refractivity contribution in [2.75, 3.05) is 56.4 Å². The number of imide groups is 2. The molecule has 3 N–H and O–H groups in total. The van der Waals surface area contributed by atoms with E-state index in [4.69, 9.17) is 20.6 Å². The summed E-state index contributed by atoms with van der Waals surface area (Å²) in [6, 6.07) is 22.9. The number of nitrogens with zero attached hydrogens (tertiary/aromatic N) is 8. The molecule has 0 saturated carbocycles. The number of amides is 4. The number of hydrogen-bond donors (Lipinski definition) is 2. The second kappa shape index (κ2) is 16.9. The molecule has 5 aliphatic rings. The molecule has 0 spiro atoms. The molecule has 10 rings (SSSR count). The molecule has 4 amide bonds. The van der Waals surface area contributed by atoms with E-state index in [1.54, 1.807) is 18.5 Å². The Morgan fingerprint density at radius 1 is 0.758 bits per heavy atom. The fourth-order valence-corrected chi connectivity index (χ4v) is 10.3. The van der Waals surface area contributed by atoms with Gasteiger partial charge in [0.2, 0.25) is 11.8 Å². The smallest absolute Gasteiger partial charge is 0.262 e. The zero-order valence-corrected chi connectivity index (χ0v) is 34.8. The Morgan fingerprint density at radius 3 is 2.29 bits per heavy atom. The van der Waals surface area contributed by atoms with Crippen LogP contribution in [0.5, 0.6) is 11.5 Å². The van der Waals surface area contributed by atoms with Gasteiger partial charge in [0, 0.05) is 43.3 Å². The molecule has 4 fully saturated rings. The summed E-state index contributed by atoms with van der Waals surface area (Å²) in [5.41, 5.74) is 10.6. The summed E-state index contributed by atoms with van der Waals surface area (Å²) in [6.45, 7) is 7.12. The molecule has 0 radical (unpaired) electrons. The number of carbonyl (C=O) groups is 4. The molecule has 15 heteroatoms. The largest absolute Gasteiger partial charge is 0.457 e. The highest BCUT2D eigenvalue weighted by atomic mass is 16.5. The van der Waals surface area contributed by atoms with Crippen LogP contribution in [0.25, 0.3) is 22.3 Å². The monoisotopic (exact) mass is 836 g/mol. The second-order valence-corrected chi connectivity index (χ2v) is 17.5. The first-order valence-corrected chi connectivity index (χ1v) is 22.2. The summed E-state index contributed by atoms with van der Waals surface area (Å²) in [5, 5.41) is 8.24. The number of benzene rings is 3. The summed E-state index contributed by atoms with van der Waals surface area (Å²) in [7, 11) is 0. The lowest BCUT2D eigenvalue weighted by Gasteiger charge is -2.42. The van der Waals surface area contributed by atoms with Crippen molar-refractivity contribution in [2.24, 2.45) is 5.92 Å². The van der Waals surface area contributed by atoms with Gasteiger partial charge in [-0.25, -0.2) is 14.6 Å². The average molecular weight is 837 g/mol. The number of rotatable bonds is 10. The van der Waals surface area contributed by atoms with Crippen LogP contribution in [0.2, 0.25) is 0 Å². The number of fused-ring (bicyclic) bond motifs is 2. The first-order chi connectivity index (χ1) is 30.3. The van der Waals surface area contributed by atoms with Crippen LogP contribution in [0.1, 0.15) is 84.5 Å². The number of para-hydroxylation sites is 1. The summed E-state index contributed by atoms with van der Waals surface area (Å²) in [6.07, 6.45) is 9.57. The van der Waals surface area contributed by atoms with E-state index in [0.717, 1.165) is 129 Å². The minimum Gasteiger partial charge on any atom is -0.457 e. The molecule has 62 heavy (non-hydrogen) atoms. The topological polar surface area (TPSA) is 172 Å². The van der Waals surface area contributed by atoms with E-state index in [9.17, 15) is 19.2 Å². The second-order valence-electron chi connectivity index (χ2n) is 17.5. The Kier molecular flexibility index (Phi) is 10.9. The van der Waals surface area contributed by atoms with Gasteiger partial charge in [0.05, 0.1) is 22.6 Å². The lowest BCUT2D eigenvalue weighted by atomic mass is 9.92. The van der Waals surface area contributed by atoms with Crippen LogP contribution in [-0.4, -0.2) is 116 Å². The van der Waals surface area contributed by atoms with E-state index < -0.39 is 23.8 Å². The van der Waals surface area contributed by atoms with Gasteiger partial charge in [-0.3, -0.25) is 34.3 Å². The predicted molar refractivity (Wildman–Crippen MR) is 234 cm³/mol. The summed E-state index contributed by atoms with van der Waals surface area (Å²) >= 11 is 0. The number of hydrogen-bond acceptors (Lipinski definition) is 12. The number of likely N-dealkylation sites (tertiary alicyclic amines) is 2. The molecule has 320 valence electrons. The van der Waals surface area contributed by atoms with Gasteiger partial charge in [-0.05, 0) is 138 Å². The van der Waals surface area contributed by atoms with Crippen molar-refractivity contribution in [1.29, 1.82) is 0 Å². The first-order valence-electron chi connectivity index (χ1n) is 22.2. The van der Waals surface area contributed by atoms with Gasteiger partial charge in [0.15, 0.2) is 5.65 Å². The molecular formula is C47H52N10O5. The van der Waals surface area contributed by atoms with Crippen molar-refractivity contribution in [3.8, 4) is 22.8 Å². The maximum absolute atomic E-state index is 13.4. The van der Waals surface area contributed by atoms with Crippen molar-refractivity contribution < 1.29 is 23.9 Å². The van der Waals surface area contributed by atoms with Crippen LogP contribution in [0.4, 0.5) is 11.5 Å². The van der Waals surface area contributed by atoms with E-state index in [1.807, 2.05) is 60.7 Å². The van der Waals surface area contributed by atoms with Crippen LogP contribution in [0, 0.1) is 5.92 Å². The van der Waals surface area contributed by atoms with Crippen molar-refractivity contribution >= 4 is 46.2 Å². The molecule has 2 unspecified atom stereocenters. The highest BCUT2D eigenvalue weighted by molar-refractivity contribution is 6.23. The third kappa shape index (κ3) is 7.79. The average Bonchev–Trinajstić information content (AvgIpc) is 3.81. The van der Waals surface area contributed by atoms with Crippen molar-refractivity contribution in [2.45, 2.75) is 75.9 Å².